The predicted octanol–water partition coefficient (Wildman–Crippen LogP) is 2.84. The molecule has 2 aromatic carbocycles. The molecule has 1 atom stereocenters. The number of sulfonamides is 1. The molecule has 0 aliphatic heterocycles. The fourth-order valence-electron chi connectivity index (χ4n) is 2.94. The first-order valence-electron chi connectivity index (χ1n) is 10.2. The fraction of sp³-hybridized carbons (Fsp3) is 0.217. The second kappa shape index (κ2) is 10.8. The summed E-state index contributed by atoms with van der Waals surface area (Å²) in [6.45, 7) is 4.92. The highest BCUT2D eigenvalue weighted by atomic mass is 32.2. The Balaban J connectivity index is 1.51. The van der Waals surface area contributed by atoms with Crippen LogP contribution in [0.4, 0.5) is 11.6 Å². The second-order valence-electron chi connectivity index (χ2n) is 7.44. The topological polar surface area (TPSA) is 137 Å². The smallest absolute Gasteiger partial charge is 0.344 e. The summed E-state index contributed by atoms with van der Waals surface area (Å²) in [5.74, 6) is -0.796. The number of hydrogen-bond donors (Lipinski definition) is 2. The Morgan fingerprint density at radius 3 is 2.24 bits per heavy atom. The third-order valence-corrected chi connectivity index (χ3v) is 5.80. The molecule has 0 bridgehead atoms. The van der Waals surface area contributed by atoms with E-state index in [2.05, 4.69) is 20.0 Å². The first kappa shape index (κ1) is 24.6. The van der Waals surface area contributed by atoms with Crippen LogP contribution < -0.4 is 14.8 Å². The van der Waals surface area contributed by atoms with Crippen LogP contribution in [0, 0.1) is 13.8 Å². The zero-order valence-electron chi connectivity index (χ0n) is 18.8. The number of hydrogen-bond acceptors (Lipinski definition) is 8. The summed E-state index contributed by atoms with van der Waals surface area (Å²) >= 11 is 0. The van der Waals surface area contributed by atoms with Gasteiger partial charge in [0.25, 0.3) is 15.9 Å². The highest BCUT2D eigenvalue weighted by molar-refractivity contribution is 7.92. The molecule has 0 saturated carbocycles. The molecule has 10 nitrogen and oxygen atoms in total. The van der Waals surface area contributed by atoms with Gasteiger partial charge in [-0.1, -0.05) is 6.07 Å². The summed E-state index contributed by atoms with van der Waals surface area (Å²) in [5.41, 5.74) is 2.33. The standard InChI is InChI=1S/C23H24N4O6S/c1-15-11-16(2)13-19(12-15)32-14-21(28)33-17(3)22(29)26-18-5-7-20(8-6-18)34(30,31)27-23-24-9-4-10-25-23/h4-13,17H,14H2,1-3H3,(H,26,29)(H,24,25,27)/t17-/m1/s1. The Labute approximate surface area is 197 Å². The van der Waals surface area contributed by atoms with Gasteiger partial charge in [0, 0.05) is 18.1 Å². The van der Waals surface area contributed by atoms with E-state index < -0.39 is 28.0 Å². The molecule has 0 spiro atoms. The third kappa shape index (κ3) is 7.01. The van der Waals surface area contributed by atoms with E-state index in [1.165, 1.54) is 43.6 Å². The second-order valence-corrected chi connectivity index (χ2v) is 9.12. The largest absolute Gasteiger partial charge is 0.482 e. The van der Waals surface area contributed by atoms with Crippen LogP contribution in [0.2, 0.25) is 0 Å². The van der Waals surface area contributed by atoms with Crippen LogP contribution in [-0.4, -0.2) is 43.0 Å². The van der Waals surface area contributed by atoms with E-state index in [1.54, 1.807) is 18.2 Å². The van der Waals surface area contributed by atoms with Gasteiger partial charge < -0.3 is 14.8 Å². The molecule has 0 aliphatic carbocycles. The quantitative estimate of drug-likeness (QED) is 0.443. The molecule has 34 heavy (non-hydrogen) atoms. The highest BCUT2D eigenvalue weighted by Crippen LogP contribution is 2.18. The number of rotatable bonds is 9. The molecule has 0 fully saturated rings. The first-order valence-corrected chi connectivity index (χ1v) is 11.7. The highest BCUT2D eigenvalue weighted by Gasteiger charge is 2.20. The van der Waals surface area contributed by atoms with Crippen molar-refractivity contribution in [1.82, 2.24) is 9.97 Å². The summed E-state index contributed by atoms with van der Waals surface area (Å²) < 4.78 is 37.6. The van der Waals surface area contributed by atoms with Crippen molar-refractivity contribution in [1.29, 1.82) is 0 Å². The number of anilines is 2. The maximum atomic E-state index is 12.4. The molecule has 3 rings (SSSR count). The van der Waals surface area contributed by atoms with Crippen molar-refractivity contribution in [3.05, 3.63) is 72.1 Å². The summed E-state index contributed by atoms with van der Waals surface area (Å²) in [5, 5.41) is 2.57. The molecule has 11 heteroatoms. The van der Waals surface area contributed by atoms with E-state index >= 15 is 0 Å². The van der Waals surface area contributed by atoms with E-state index in [9.17, 15) is 18.0 Å². The van der Waals surface area contributed by atoms with E-state index in [0.717, 1.165) is 11.1 Å². The lowest BCUT2D eigenvalue weighted by Crippen LogP contribution is -2.31. The molecule has 0 aliphatic rings. The minimum atomic E-state index is -3.90. The monoisotopic (exact) mass is 484 g/mol. The number of aromatic nitrogens is 2. The molecule has 3 aromatic rings. The van der Waals surface area contributed by atoms with E-state index in [4.69, 9.17) is 9.47 Å². The maximum absolute atomic E-state index is 12.4. The summed E-state index contributed by atoms with van der Waals surface area (Å²) in [7, 11) is -3.90. The van der Waals surface area contributed by atoms with Gasteiger partial charge >= 0.3 is 5.97 Å². The van der Waals surface area contributed by atoms with E-state index in [-0.39, 0.29) is 17.5 Å². The number of esters is 1. The molecule has 0 saturated heterocycles. The summed E-state index contributed by atoms with van der Waals surface area (Å²) in [6.07, 6.45) is 1.73. The molecule has 0 unspecified atom stereocenters. The molecule has 2 N–H and O–H groups in total. The Bertz CT molecular complexity index is 1240. The van der Waals surface area contributed by atoms with Gasteiger partial charge in [-0.3, -0.25) is 4.79 Å². The lowest BCUT2D eigenvalue weighted by molar-refractivity contribution is -0.155. The average Bonchev–Trinajstić information content (AvgIpc) is 2.78. The lowest BCUT2D eigenvalue weighted by Gasteiger charge is -2.14. The summed E-state index contributed by atoms with van der Waals surface area (Å²) in [6, 6.07) is 12.6. The molecule has 1 heterocycles. The predicted molar refractivity (Wildman–Crippen MR) is 125 cm³/mol. The van der Waals surface area contributed by atoms with Crippen LogP contribution in [-0.2, 0) is 24.3 Å². The Morgan fingerprint density at radius 1 is 1.00 bits per heavy atom. The van der Waals surface area contributed by atoms with Crippen molar-refractivity contribution in [3.8, 4) is 5.75 Å². The van der Waals surface area contributed by atoms with Crippen molar-refractivity contribution in [2.45, 2.75) is 31.8 Å². The van der Waals surface area contributed by atoms with Gasteiger partial charge in [-0.2, -0.15) is 0 Å². The molecular formula is C23H24N4O6S. The van der Waals surface area contributed by atoms with Crippen molar-refractivity contribution in [2.75, 3.05) is 16.6 Å². The Kier molecular flexibility index (Phi) is 7.79. The number of nitrogens with one attached hydrogen (secondary N) is 2. The van der Waals surface area contributed by atoms with Crippen LogP contribution >= 0.6 is 0 Å². The van der Waals surface area contributed by atoms with Gasteiger partial charge in [-0.05, 0) is 74.4 Å². The van der Waals surface area contributed by atoms with Crippen molar-refractivity contribution in [3.63, 3.8) is 0 Å². The SMILES string of the molecule is Cc1cc(C)cc(OCC(=O)O[C@H](C)C(=O)Nc2ccc(S(=O)(=O)Nc3ncccn3)cc2)c1. The maximum Gasteiger partial charge on any atom is 0.344 e. The molecule has 1 amide bonds. The van der Waals surface area contributed by atoms with Crippen LogP contribution in [0.5, 0.6) is 5.75 Å². The van der Waals surface area contributed by atoms with Crippen LogP contribution in [0.25, 0.3) is 0 Å². The molecular weight excluding hydrogens is 460 g/mol. The van der Waals surface area contributed by atoms with Crippen molar-refractivity contribution < 1.29 is 27.5 Å². The van der Waals surface area contributed by atoms with E-state index in [0.29, 0.717) is 11.4 Å². The number of nitrogens with zero attached hydrogens (tertiary/aromatic N) is 2. The van der Waals surface area contributed by atoms with Crippen molar-refractivity contribution in [2.24, 2.45) is 0 Å². The lowest BCUT2D eigenvalue weighted by atomic mass is 10.1. The van der Waals surface area contributed by atoms with E-state index in [1.807, 2.05) is 19.9 Å². The number of aryl methyl sites for hydroxylation is 2. The normalized spacial score (nSPS) is 11.9. The first-order chi connectivity index (χ1) is 16.1. The zero-order valence-corrected chi connectivity index (χ0v) is 19.6. The molecule has 1 aromatic heterocycles. The minimum absolute atomic E-state index is 0.0408. The summed E-state index contributed by atoms with van der Waals surface area (Å²) in [4.78, 5) is 32.0. The van der Waals surface area contributed by atoms with Gasteiger partial charge in [0.05, 0.1) is 4.90 Å². The van der Waals surface area contributed by atoms with Gasteiger partial charge in [-0.15, -0.1) is 0 Å². The number of amides is 1. The molecule has 178 valence electrons. The Hall–Kier alpha value is -3.99. The van der Waals surface area contributed by atoms with Gasteiger partial charge in [0.15, 0.2) is 12.7 Å². The number of ether oxygens (including phenoxy) is 2. The number of carbonyl (C=O) groups is 2. The fourth-order valence-corrected chi connectivity index (χ4v) is 3.89. The Morgan fingerprint density at radius 2 is 1.62 bits per heavy atom. The molecule has 0 radical (unpaired) electrons. The van der Waals surface area contributed by atoms with Crippen LogP contribution in [0.1, 0.15) is 18.1 Å². The van der Waals surface area contributed by atoms with Crippen LogP contribution in [0.3, 0.4) is 0 Å². The van der Waals surface area contributed by atoms with Crippen LogP contribution in [0.15, 0.2) is 65.8 Å². The minimum Gasteiger partial charge on any atom is -0.482 e. The number of carbonyl (C=O) groups excluding carboxylic acids is 2. The zero-order chi connectivity index (χ0) is 24.7. The van der Waals surface area contributed by atoms with Gasteiger partial charge in [0.2, 0.25) is 5.95 Å². The van der Waals surface area contributed by atoms with Crippen molar-refractivity contribution >= 4 is 33.5 Å². The number of benzene rings is 2. The third-order valence-electron chi connectivity index (χ3n) is 4.45. The van der Waals surface area contributed by atoms with Gasteiger partial charge in [-0.25, -0.2) is 27.9 Å². The average molecular weight is 485 g/mol. The van der Waals surface area contributed by atoms with Gasteiger partial charge in [0.1, 0.15) is 5.75 Å².